The van der Waals surface area contributed by atoms with Crippen molar-refractivity contribution in [3.63, 3.8) is 0 Å². The van der Waals surface area contributed by atoms with E-state index in [-0.39, 0.29) is 5.91 Å². The van der Waals surface area contributed by atoms with Gasteiger partial charge in [-0.15, -0.1) is 0 Å². The number of amides is 1. The Morgan fingerprint density at radius 1 is 1.60 bits per heavy atom. The molecular formula is C8H15NO. The number of hydrogen-bond acceptors (Lipinski definition) is 1. The van der Waals surface area contributed by atoms with E-state index in [1.807, 2.05) is 13.0 Å². The summed E-state index contributed by atoms with van der Waals surface area (Å²) in [5.74, 6) is 0.129. The SMILES string of the molecule is CC=CCCCC(=O)NC. The lowest BCUT2D eigenvalue weighted by Gasteiger charge is -1.95. The molecule has 1 N–H and O–H groups in total. The average Bonchev–Trinajstić information content (AvgIpc) is 1.98. The molecule has 0 aliphatic carbocycles. The Morgan fingerprint density at radius 2 is 2.30 bits per heavy atom. The predicted molar refractivity (Wildman–Crippen MR) is 42.7 cm³/mol. The quantitative estimate of drug-likeness (QED) is 0.466. The minimum atomic E-state index is 0.129. The number of carbonyl (C=O) groups excluding carboxylic acids is 1. The van der Waals surface area contributed by atoms with Crippen LogP contribution in [0.25, 0.3) is 0 Å². The third-order valence-corrected chi connectivity index (χ3v) is 1.29. The summed E-state index contributed by atoms with van der Waals surface area (Å²) in [7, 11) is 1.66. The maximum absolute atomic E-state index is 10.6. The van der Waals surface area contributed by atoms with Crippen LogP contribution in [0.5, 0.6) is 0 Å². The first-order chi connectivity index (χ1) is 4.81. The zero-order chi connectivity index (χ0) is 7.82. The lowest BCUT2D eigenvalue weighted by Crippen LogP contribution is -2.16. The molecule has 0 aromatic rings. The maximum Gasteiger partial charge on any atom is 0.219 e. The second-order valence-corrected chi connectivity index (χ2v) is 2.13. The molecule has 0 atom stereocenters. The van der Waals surface area contributed by atoms with Gasteiger partial charge < -0.3 is 5.32 Å². The molecule has 0 fully saturated rings. The van der Waals surface area contributed by atoms with Crippen molar-refractivity contribution in [3.8, 4) is 0 Å². The van der Waals surface area contributed by atoms with E-state index in [9.17, 15) is 4.79 Å². The van der Waals surface area contributed by atoms with E-state index in [0.29, 0.717) is 6.42 Å². The highest BCUT2D eigenvalue weighted by Crippen LogP contribution is 1.95. The van der Waals surface area contributed by atoms with Crippen molar-refractivity contribution in [2.24, 2.45) is 0 Å². The molecule has 0 saturated carbocycles. The Balaban J connectivity index is 3.11. The summed E-state index contributed by atoms with van der Waals surface area (Å²) in [6.45, 7) is 1.99. The zero-order valence-electron chi connectivity index (χ0n) is 6.68. The Kier molecular flexibility index (Phi) is 5.83. The molecule has 0 aromatic heterocycles. The lowest BCUT2D eigenvalue weighted by atomic mass is 10.2. The van der Waals surface area contributed by atoms with Gasteiger partial charge in [-0.1, -0.05) is 12.2 Å². The topological polar surface area (TPSA) is 29.1 Å². The van der Waals surface area contributed by atoms with Gasteiger partial charge >= 0.3 is 0 Å². The fourth-order valence-corrected chi connectivity index (χ4v) is 0.672. The van der Waals surface area contributed by atoms with Crippen LogP contribution in [0.3, 0.4) is 0 Å². The van der Waals surface area contributed by atoms with Gasteiger partial charge in [0.05, 0.1) is 0 Å². The molecule has 0 unspecified atom stereocenters. The van der Waals surface area contributed by atoms with Gasteiger partial charge in [0, 0.05) is 13.5 Å². The minimum Gasteiger partial charge on any atom is -0.359 e. The summed E-state index contributed by atoms with van der Waals surface area (Å²) in [5, 5.41) is 2.58. The molecule has 10 heavy (non-hydrogen) atoms. The molecule has 58 valence electrons. The van der Waals surface area contributed by atoms with E-state index in [2.05, 4.69) is 11.4 Å². The normalized spacial score (nSPS) is 10.2. The first kappa shape index (κ1) is 9.21. The van der Waals surface area contributed by atoms with Gasteiger partial charge in [-0.05, 0) is 19.8 Å². The largest absolute Gasteiger partial charge is 0.359 e. The van der Waals surface area contributed by atoms with Crippen LogP contribution in [0, 0.1) is 0 Å². The Hall–Kier alpha value is -0.790. The van der Waals surface area contributed by atoms with Crippen LogP contribution in [0.4, 0.5) is 0 Å². The summed E-state index contributed by atoms with van der Waals surface area (Å²) < 4.78 is 0. The summed E-state index contributed by atoms with van der Waals surface area (Å²) in [6.07, 6.45) is 6.67. The van der Waals surface area contributed by atoms with E-state index in [1.54, 1.807) is 7.05 Å². The first-order valence-corrected chi connectivity index (χ1v) is 3.63. The Morgan fingerprint density at radius 3 is 2.80 bits per heavy atom. The molecular weight excluding hydrogens is 126 g/mol. The fourth-order valence-electron chi connectivity index (χ4n) is 0.672. The highest BCUT2D eigenvalue weighted by molar-refractivity contribution is 5.75. The molecule has 2 nitrogen and oxygen atoms in total. The minimum absolute atomic E-state index is 0.129. The average molecular weight is 141 g/mol. The highest BCUT2D eigenvalue weighted by Gasteiger charge is 1.93. The van der Waals surface area contributed by atoms with Crippen molar-refractivity contribution in [2.45, 2.75) is 26.2 Å². The van der Waals surface area contributed by atoms with Crippen molar-refractivity contribution in [2.75, 3.05) is 7.05 Å². The second kappa shape index (κ2) is 6.33. The Labute approximate surface area is 62.3 Å². The molecule has 0 heterocycles. The smallest absolute Gasteiger partial charge is 0.219 e. The van der Waals surface area contributed by atoms with Crippen molar-refractivity contribution < 1.29 is 4.79 Å². The van der Waals surface area contributed by atoms with Crippen molar-refractivity contribution >= 4 is 5.91 Å². The molecule has 0 saturated heterocycles. The molecule has 1 amide bonds. The number of allylic oxidation sites excluding steroid dienone is 2. The van der Waals surface area contributed by atoms with Gasteiger partial charge in [0.2, 0.25) is 5.91 Å². The summed E-state index contributed by atoms with van der Waals surface area (Å²) >= 11 is 0. The Bertz CT molecular complexity index is 118. The molecule has 0 radical (unpaired) electrons. The van der Waals surface area contributed by atoms with Gasteiger partial charge in [0.1, 0.15) is 0 Å². The van der Waals surface area contributed by atoms with Crippen LogP contribution >= 0.6 is 0 Å². The van der Waals surface area contributed by atoms with Gasteiger partial charge in [0.15, 0.2) is 0 Å². The first-order valence-electron chi connectivity index (χ1n) is 3.63. The van der Waals surface area contributed by atoms with Gasteiger partial charge in [-0.2, -0.15) is 0 Å². The molecule has 0 bridgehead atoms. The molecule has 2 heteroatoms. The van der Waals surface area contributed by atoms with E-state index in [0.717, 1.165) is 12.8 Å². The van der Waals surface area contributed by atoms with Crippen LogP contribution in [0.2, 0.25) is 0 Å². The number of nitrogens with one attached hydrogen (secondary N) is 1. The van der Waals surface area contributed by atoms with Crippen molar-refractivity contribution in [1.82, 2.24) is 5.32 Å². The molecule has 0 rings (SSSR count). The third kappa shape index (κ3) is 5.35. The third-order valence-electron chi connectivity index (χ3n) is 1.29. The zero-order valence-corrected chi connectivity index (χ0v) is 6.68. The highest BCUT2D eigenvalue weighted by atomic mass is 16.1. The summed E-state index contributed by atoms with van der Waals surface area (Å²) in [5.41, 5.74) is 0. The van der Waals surface area contributed by atoms with Crippen LogP contribution in [0.1, 0.15) is 26.2 Å². The number of carbonyl (C=O) groups is 1. The van der Waals surface area contributed by atoms with Gasteiger partial charge in [-0.25, -0.2) is 0 Å². The number of hydrogen-bond donors (Lipinski definition) is 1. The monoisotopic (exact) mass is 141 g/mol. The molecule has 0 aliphatic rings. The van der Waals surface area contributed by atoms with Crippen molar-refractivity contribution in [3.05, 3.63) is 12.2 Å². The van der Waals surface area contributed by atoms with Crippen LogP contribution in [-0.2, 0) is 4.79 Å². The molecule has 0 aromatic carbocycles. The molecule has 0 spiro atoms. The van der Waals surface area contributed by atoms with E-state index < -0.39 is 0 Å². The van der Waals surface area contributed by atoms with E-state index >= 15 is 0 Å². The van der Waals surface area contributed by atoms with Crippen LogP contribution < -0.4 is 5.32 Å². The second-order valence-electron chi connectivity index (χ2n) is 2.13. The summed E-state index contributed by atoms with van der Waals surface area (Å²) in [4.78, 5) is 10.6. The van der Waals surface area contributed by atoms with Gasteiger partial charge in [-0.3, -0.25) is 4.79 Å². The van der Waals surface area contributed by atoms with E-state index in [4.69, 9.17) is 0 Å². The van der Waals surface area contributed by atoms with E-state index in [1.165, 1.54) is 0 Å². The fraction of sp³-hybridized carbons (Fsp3) is 0.625. The van der Waals surface area contributed by atoms with Gasteiger partial charge in [0.25, 0.3) is 0 Å². The van der Waals surface area contributed by atoms with Crippen LogP contribution in [0.15, 0.2) is 12.2 Å². The summed E-state index contributed by atoms with van der Waals surface area (Å²) in [6, 6.07) is 0. The van der Waals surface area contributed by atoms with Crippen molar-refractivity contribution in [1.29, 1.82) is 0 Å². The maximum atomic E-state index is 10.6. The number of rotatable bonds is 4. The predicted octanol–water partition coefficient (Wildman–Crippen LogP) is 1.48. The number of unbranched alkanes of at least 4 members (excludes halogenated alkanes) is 1. The lowest BCUT2D eigenvalue weighted by molar-refractivity contribution is -0.120. The van der Waals surface area contributed by atoms with Crippen LogP contribution in [-0.4, -0.2) is 13.0 Å². The molecule has 0 aliphatic heterocycles. The standard InChI is InChI=1S/C8H15NO/c1-3-4-5-6-7-8(10)9-2/h3-4H,5-7H2,1-2H3,(H,9,10).